The van der Waals surface area contributed by atoms with Crippen LogP contribution < -0.4 is 0 Å². The lowest BCUT2D eigenvalue weighted by Crippen LogP contribution is -2.55. The lowest BCUT2D eigenvalue weighted by atomic mass is 9.79. The molecule has 10 nitrogen and oxygen atoms in total. The average molecular weight is 646 g/mol. The van der Waals surface area contributed by atoms with Crippen LogP contribution in [0.4, 0.5) is 22.0 Å². The molecule has 0 unspecified atom stereocenters. The van der Waals surface area contributed by atoms with Gasteiger partial charge in [0.1, 0.15) is 35.5 Å². The summed E-state index contributed by atoms with van der Waals surface area (Å²) in [5.74, 6) is -7.52. The summed E-state index contributed by atoms with van der Waals surface area (Å²) >= 11 is 0.895. The maximum absolute atomic E-state index is 14.2. The highest BCUT2D eigenvalue weighted by Gasteiger charge is 2.52. The Bertz CT molecular complexity index is 1500. The standard InChI is InChI=1S/C28H32F5N5O5S/c1-12-13(2)35-21(14(3)34-12)25(27(42)4-6-28(32,33)7-5-27)44-26-24(41)22(23(40)19(11-39)43-26)38-10-18(36-37-38)15-8-16(29)20(31)17(30)9-15/h8-10,19,22-26,39-42H,4-7,11H2,1-3H3/t19-,22+,23+,24-,25-,26+/m1/s1. The van der Waals surface area contributed by atoms with E-state index in [1.165, 1.54) is 6.20 Å². The lowest BCUT2D eigenvalue weighted by molar-refractivity contribution is -0.179. The highest BCUT2D eigenvalue weighted by Crippen LogP contribution is 2.52. The predicted molar refractivity (Wildman–Crippen MR) is 147 cm³/mol. The van der Waals surface area contributed by atoms with Crippen LogP contribution in [0.3, 0.4) is 0 Å². The van der Waals surface area contributed by atoms with Gasteiger partial charge in [0.25, 0.3) is 0 Å². The smallest absolute Gasteiger partial charge is 0.248 e. The van der Waals surface area contributed by atoms with Gasteiger partial charge < -0.3 is 25.2 Å². The first kappa shape index (κ1) is 32.6. The Morgan fingerprint density at radius 2 is 1.59 bits per heavy atom. The van der Waals surface area contributed by atoms with Crippen molar-refractivity contribution in [2.24, 2.45) is 0 Å². The average Bonchev–Trinajstić information content (AvgIpc) is 3.45. The number of rotatable bonds is 7. The number of aryl methyl sites for hydroxylation is 3. The third-order valence-electron chi connectivity index (χ3n) is 8.32. The first-order valence-electron chi connectivity index (χ1n) is 13.9. The predicted octanol–water partition coefficient (Wildman–Crippen LogP) is 3.47. The number of halogens is 5. The van der Waals surface area contributed by atoms with Gasteiger partial charge in [0, 0.05) is 18.4 Å². The Morgan fingerprint density at radius 1 is 0.977 bits per heavy atom. The number of hydrogen-bond acceptors (Lipinski definition) is 10. The summed E-state index contributed by atoms with van der Waals surface area (Å²) in [4.78, 5) is 9.12. The number of benzene rings is 1. The fraction of sp³-hybridized carbons (Fsp3) is 0.571. The molecule has 5 rings (SSSR count). The van der Waals surface area contributed by atoms with Crippen LogP contribution in [-0.4, -0.2) is 87.3 Å². The van der Waals surface area contributed by atoms with Crippen LogP contribution in [0.2, 0.25) is 0 Å². The summed E-state index contributed by atoms with van der Waals surface area (Å²) in [5.41, 5.74) is -1.29. The molecule has 44 heavy (non-hydrogen) atoms. The molecule has 0 amide bonds. The molecule has 2 aliphatic rings. The second-order valence-electron chi connectivity index (χ2n) is 11.4. The number of aliphatic hydroxyl groups is 4. The van der Waals surface area contributed by atoms with Crippen LogP contribution in [-0.2, 0) is 4.74 Å². The molecule has 240 valence electrons. The molecular formula is C28H32F5N5O5S. The molecule has 3 aromatic rings. The van der Waals surface area contributed by atoms with Crippen molar-refractivity contribution in [3.8, 4) is 11.3 Å². The summed E-state index contributed by atoms with van der Waals surface area (Å²) in [7, 11) is 0. The van der Waals surface area contributed by atoms with Gasteiger partial charge in [0.15, 0.2) is 17.5 Å². The van der Waals surface area contributed by atoms with Crippen LogP contribution in [0.1, 0.15) is 59.8 Å². The third-order valence-corrected chi connectivity index (χ3v) is 9.91. The van der Waals surface area contributed by atoms with Crippen LogP contribution in [0.5, 0.6) is 0 Å². The van der Waals surface area contributed by atoms with E-state index in [1.54, 1.807) is 20.8 Å². The maximum atomic E-state index is 14.2. The quantitative estimate of drug-likeness (QED) is 0.223. The summed E-state index contributed by atoms with van der Waals surface area (Å²) in [6.45, 7) is 4.45. The number of thioether (sulfide) groups is 1. The van der Waals surface area contributed by atoms with Crippen LogP contribution in [0.25, 0.3) is 11.3 Å². The van der Waals surface area contributed by atoms with Crippen LogP contribution >= 0.6 is 11.8 Å². The Kier molecular flexibility index (Phi) is 9.05. The summed E-state index contributed by atoms with van der Waals surface area (Å²) in [6, 6.07) is 0.0998. The Morgan fingerprint density at radius 3 is 2.20 bits per heavy atom. The molecule has 16 heteroatoms. The molecule has 0 spiro atoms. The van der Waals surface area contributed by atoms with Gasteiger partial charge in [-0.1, -0.05) is 5.21 Å². The van der Waals surface area contributed by atoms with Crippen LogP contribution in [0.15, 0.2) is 18.3 Å². The minimum absolute atomic E-state index is 0.102. The molecule has 0 bridgehead atoms. The Balaban J connectivity index is 1.50. The largest absolute Gasteiger partial charge is 0.394 e. The number of hydrogen-bond donors (Lipinski definition) is 4. The van der Waals surface area contributed by atoms with Gasteiger partial charge >= 0.3 is 0 Å². The van der Waals surface area contributed by atoms with E-state index >= 15 is 0 Å². The monoisotopic (exact) mass is 645 g/mol. The van der Waals surface area contributed by atoms with E-state index < -0.39 is 83.5 Å². The minimum atomic E-state index is -2.95. The van der Waals surface area contributed by atoms with E-state index in [4.69, 9.17) is 4.74 Å². The first-order chi connectivity index (χ1) is 20.6. The molecule has 1 aliphatic heterocycles. The van der Waals surface area contributed by atoms with Gasteiger partial charge in [0.2, 0.25) is 5.92 Å². The van der Waals surface area contributed by atoms with E-state index in [0.717, 1.165) is 16.4 Å². The SMILES string of the molecule is Cc1nc(C)c([C@@H](S[C@@H]2O[C@H](CO)[C@H](O)[C@H](n3cc(-c4cc(F)c(F)c(F)c4)nn3)[C@H]2O)C2(O)CCC(F)(F)CC2)nc1C. The zero-order valence-electron chi connectivity index (χ0n) is 24.0. The number of aliphatic hydroxyl groups excluding tert-OH is 3. The molecule has 3 heterocycles. The van der Waals surface area contributed by atoms with Crippen molar-refractivity contribution < 1.29 is 47.1 Å². The second-order valence-corrected chi connectivity index (χ2v) is 12.6. The molecule has 0 radical (unpaired) electrons. The van der Waals surface area contributed by atoms with Gasteiger partial charge in [-0.3, -0.25) is 9.97 Å². The van der Waals surface area contributed by atoms with Gasteiger partial charge in [-0.15, -0.1) is 16.9 Å². The fourth-order valence-corrected chi connectivity index (χ4v) is 7.26. The lowest BCUT2D eigenvalue weighted by Gasteiger charge is -2.46. The van der Waals surface area contributed by atoms with Crippen molar-refractivity contribution in [1.82, 2.24) is 25.0 Å². The molecule has 1 saturated carbocycles. The number of alkyl halides is 2. The van der Waals surface area contributed by atoms with Gasteiger partial charge in [-0.2, -0.15) is 0 Å². The van der Waals surface area contributed by atoms with E-state index in [2.05, 4.69) is 20.3 Å². The zero-order valence-corrected chi connectivity index (χ0v) is 24.8. The van der Waals surface area contributed by atoms with Crippen molar-refractivity contribution in [1.29, 1.82) is 0 Å². The van der Waals surface area contributed by atoms with Gasteiger partial charge in [-0.25, -0.2) is 26.6 Å². The molecule has 1 aromatic carbocycles. The zero-order chi connectivity index (χ0) is 32.1. The van der Waals surface area contributed by atoms with E-state index in [9.17, 15) is 42.4 Å². The van der Waals surface area contributed by atoms with Crippen molar-refractivity contribution in [3.05, 3.63) is 58.6 Å². The van der Waals surface area contributed by atoms with Crippen molar-refractivity contribution in [2.45, 2.75) is 93.0 Å². The Hall–Kier alpha value is -2.76. The third kappa shape index (κ3) is 6.20. The second kappa shape index (κ2) is 12.2. The van der Waals surface area contributed by atoms with E-state index in [1.807, 2.05) is 0 Å². The molecule has 4 N–H and O–H groups in total. The molecule has 6 atom stereocenters. The number of nitrogens with zero attached hydrogens (tertiary/aromatic N) is 5. The van der Waals surface area contributed by atoms with E-state index in [0.29, 0.717) is 34.9 Å². The normalized spacial score (nSPS) is 27.3. The highest BCUT2D eigenvalue weighted by atomic mass is 32.2. The maximum Gasteiger partial charge on any atom is 0.248 e. The molecule has 2 aromatic heterocycles. The van der Waals surface area contributed by atoms with Gasteiger partial charge in [-0.05, 0) is 45.7 Å². The topological polar surface area (TPSA) is 147 Å². The molecule has 1 aliphatic carbocycles. The van der Waals surface area contributed by atoms with Gasteiger partial charge in [0.05, 0.1) is 46.4 Å². The number of ether oxygens (including phenoxy) is 1. The Labute approximate surface area is 253 Å². The highest BCUT2D eigenvalue weighted by molar-refractivity contribution is 8.00. The molecule has 2 fully saturated rings. The summed E-state index contributed by atoms with van der Waals surface area (Å²) in [5, 5.41) is 51.1. The van der Waals surface area contributed by atoms with Crippen molar-refractivity contribution in [2.75, 3.05) is 6.61 Å². The summed E-state index contributed by atoms with van der Waals surface area (Å²) in [6.07, 6.45) is -4.93. The summed E-state index contributed by atoms with van der Waals surface area (Å²) < 4.78 is 76.4. The van der Waals surface area contributed by atoms with Crippen LogP contribution in [0, 0.1) is 38.2 Å². The molecular weight excluding hydrogens is 613 g/mol. The first-order valence-corrected chi connectivity index (χ1v) is 14.8. The minimum Gasteiger partial charge on any atom is -0.394 e. The fourth-order valence-electron chi connectivity index (χ4n) is 5.62. The van der Waals surface area contributed by atoms with Crippen molar-refractivity contribution >= 4 is 11.8 Å². The number of aromatic nitrogens is 5. The van der Waals surface area contributed by atoms with E-state index in [-0.39, 0.29) is 24.1 Å². The van der Waals surface area contributed by atoms with Crippen molar-refractivity contribution in [3.63, 3.8) is 0 Å². The molecule has 1 saturated heterocycles.